The van der Waals surface area contributed by atoms with Crippen LogP contribution in [0.15, 0.2) is 24.4 Å². The van der Waals surface area contributed by atoms with Gasteiger partial charge in [0, 0.05) is 37.1 Å². The van der Waals surface area contributed by atoms with Crippen molar-refractivity contribution in [2.75, 3.05) is 6.54 Å². The van der Waals surface area contributed by atoms with Crippen LogP contribution in [0.1, 0.15) is 57.1 Å². The molecule has 2 fully saturated rings. The average molecular weight is 369 g/mol. The van der Waals surface area contributed by atoms with Crippen LogP contribution in [0.3, 0.4) is 0 Å². The second-order valence-electron chi connectivity index (χ2n) is 9.02. The fourth-order valence-corrected chi connectivity index (χ4v) is 5.13. The molecule has 2 aliphatic rings. The molecular weight excluding hydrogens is 336 g/mol. The van der Waals surface area contributed by atoms with Crippen LogP contribution in [0.5, 0.6) is 0 Å². The Kier molecular flexibility index (Phi) is 4.79. The van der Waals surface area contributed by atoms with Gasteiger partial charge in [0.25, 0.3) is 0 Å². The Morgan fingerprint density at radius 2 is 2.04 bits per heavy atom. The van der Waals surface area contributed by atoms with Crippen molar-refractivity contribution in [1.29, 1.82) is 0 Å². The van der Waals surface area contributed by atoms with Crippen LogP contribution in [0.4, 0.5) is 0 Å². The van der Waals surface area contributed by atoms with E-state index in [9.17, 15) is 4.79 Å². The Hall–Kier alpha value is -1.81. The maximum Gasteiger partial charge on any atom is 0.223 e. The lowest BCUT2D eigenvalue weighted by atomic mass is 9.87. The summed E-state index contributed by atoms with van der Waals surface area (Å²) in [6, 6.07) is 6.69. The summed E-state index contributed by atoms with van der Waals surface area (Å²) in [7, 11) is 2.09. The number of benzene rings is 1. The van der Waals surface area contributed by atoms with Crippen molar-refractivity contribution in [3.63, 3.8) is 0 Å². The molecule has 1 aliphatic heterocycles. The van der Waals surface area contributed by atoms with Crippen molar-refractivity contribution in [3.05, 3.63) is 35.5 Å². The minimum Gasteiger partial charge on any atom is -0.368 e. The number of nitrogens with zero attached hydrogens (tertiary/aromatic N) is 2. The molecule has 2 atom stereocenters. The smallest absolute Gasteiger partial charge is 0.223 e. The highest BCUT2D eigenvalue weighted by molar-refractivity contribution is 5.88. The third kappa shape index (κ3) is 3.52. The molecule has 0 spiro atoms. The molecule has 2 unspecified atom stereocenters. The Bertz CT molecular complexity index is 851. The van der Waals surface area contributed by atoms with Crippen LogP contribution in [0.25, 0.3) is 10.9 Å². The first-order valence-electron chi connectivity index (χ1n) is 10.4. The van der Waals surface area contributed by atoms with Gasteiger partial charge in [-0.2, -0.15) is 0 Å². The van der Waals surface area contributed by atoms with Gasteiger partial charge >= 0.3 is 0 Å². The van der Waals surface area contributed by atoms with E-state index in [1.54, 1.807) is 0 Å². The molecule has 1 aromatic heterocycles. The molecule has 1 aromatic carbocycles. The maximum atomic E-state index is 13.2. The number of morpholine rings is 1. The number of hydrogen-bond acceptors (Lipinski definition) is 2. The highest BCUT2D eigenvalue weighted by atomic mass is 16.5. The van der Waals surface area contributed by atoms with Crippen LogP contribution in [0, 0.1) is 6.92 Å². The van der Waals surface area contributed by atoms with Gasteiger partial charge in [0.2, 0.25) is 5.91 Å². The summed E-state index contributed by atoms with van der Waals surface area (Å²) in [4.78, 5) is 15.3. The number of ether oxygens (including phenoxy) is 1. The number of amides is 1. The molecule has 4 heteroatoms. The van der Waals surface area contributed by atoms with Crippen molar-refractivity contribution in [2.45, 2.75) is 77.0 Å². The van der Waals surface area contributed by atoms with Crippen LogP contribution >= 0.6 is 0 Å². The lowest BCUT2D eigenvalue weighted by Crippen LogP contribution is -2.61. The Balaban J connectivity index is 1.52. The van der Waals surface area contributed by atoms with Crippen LogP contribution in [-0.2, 0) is 23.0 Å². The summed E-state index contributed by atoms with van der Waals surface area (Å²) >= 11 is 0. The third-order valence-corrected chi connectivity index (χ3v) is 6.32. The van der Waals surface area contributed by atoms with Gasteiger partial charge < -0.3 is 14.2 Å². The van der Waals surface area contributed by atoms with E-state index in [-0.39, 0.29) is 23.7 Å². The molecule has 1 aliphatic carbocycles. The first-order chi connectivity index (χ1) is 12.9. The summed E-state index contributed by atoms with van der Waals surface area (Å²) < 4.78 is 8.48. The topological polar surface area (TPSA) is 34.5 Å². The monoisotopic (exact) mass is 368 g/mol. The summed E-state index contributed by atoms with van der Waals surface area (Å²) in [5.74, 6) is 0.286. The summed E-state index contributed by atoms with van der Waals surface area (Å²) in [5, 5.41) is 1.31. The zero-order valence-electron chi connectivity index (χ0n) is 17.1. The summed E-state index contributed by atoms with van der Waals surface area (Å²) in [6.45, 7) is 7.10. The zero-order chi connectivity index (χ0) is 19.2. The van der Waals surface area contributed by atoms with E-state index in [0.29, 0.717) is 13.0 Å². The third-order valence-electron chi connectivity index (χ3n) is 6.32. The number of carbonyl (C=O) groups excluding carboxylic acids is 1. The fraction of sp³-hybridized carbons (Fsp3) is 0.609. The van der Waals surface area contributed by atoms with E-state index in [0.717, 1.165) is 19.3 Å². The minimum atomic E-state index is -0.246. The molecule has 1 saturated carbocycles. The van der Waals surface area contributed by atoms with Crippen molar-refractivity contribution in [1.82, 2.24) is 9.47 Å². The van der Waals surface area contributed by atoms with Crippen LogP contribution in [-0.4, -0.2) is 39.7 Å². The molecule has 27 heavy (non-hydrogen) atoms. The lowest BCUT2D eigenvalue weighted by Gasteiger charge is -2.50. The lowest BCUT2D eigenvalue weighted by molar-refractivity contribution is -0.185. The summed E-state index contributed by atoms with van der Waals surface area (Å²) in [6.07, 6.45) is 8.37. The van der Waals surface area contributed by atoms with Gasteiger partial charge in [0.05, 0.1) is 17.7 Å². The molecule has 0 bridgehead atoms. The number of hydrogen-bond donors (Lipinski definition) is 0. The van der Waals surface area contributed by atoms with E-state index in [1.165, 1.54) is 34.9 Å². The average Bonchev–Trinajstić information content (AvgIpc) is 2.95. The first-order valence-corrected chi connectivity index (χ1v) is 10.4. The zero-order valence-corrected chi connectivity index (χ0v) is 17.1. The van der Waals surface area contributed by atoms with Gasteiger partial charge in [-0.3, -0.25) is 4.79 Å². The molecule has 0 N–H and O–H groups in total. The predicted octanol–water partition coefficient (Wildman–Crippen LogP) is 4.37. The highest BCUT2D eigenvalue weighted by Crippen LogP contribution is 2.35. The SMILES string of the molecule is Cc1cccc2c1c(CCC(=O)N1CC(C)(C)OC3CCCCC31)cn2C. The van der Waals surface area contributed by atoms with E-state index >= 15 is 0 Å². The Morgan fingerprint density at radius 3 is 2.85 bits per heavy atom. The number of rotatable bonds is 3. The molecular formula is C23H32N2O2. The first kappa shape index (κ1) is 18.5. The highest BCUT2D eigenvalue weighted by Gasteiger charge is 2.43. The molecule has 2 aromatic rings. The molecule has 1 amide bonds. The molecule has 4 rings (SSSR count). The largest absolute Gasteiger partial charge is 0.368 e. The Morgan fingerprint density at radius 1 is 1.26 bits per heavy atom. The fourth-order valence-electron chi connectivity index (χ4n) is 5.13. The molecule has 1 saturated heterocycles. The minimum absolute atomic E-state index is 0.214. The van der Waals surface area contributed by atoms with Gasteiger partial charge in [-0.1, -0.05) is 25.0 Å². The number of aromatic nitrogens is 1. The maximum absolute atomic E-state index is 13.2. The van der Waals surface area contributed by atoms with E-state index in [2.05, 4.69) is 61.7 Å². The van der Waals surface area contributed by atoms with Crippen molar-refractivity contribution in [2.24, 2.45) is 7.05 Å². The standard InChI is InChI=1S/C23H32N2O2/c1-16-8-7-10-19-22(16)17(14-24(19)4)12-13-21(26)25-15-23(2,3)27-20-11-6-5-9-18(20)25/h7-8,10,14,18,20H,5-6,9,11-13,15H2,1-4H3. The number of carbonyl (C=O) groups is 1. The second-order valence-corrected chi connectivity index (χ2v) is 9.02. The quantitative estimate of drug-likeness (QED) is 0.806. The van der Waals surface area contributed by atoms with Gasteiger partial charge in [0.15, 0.2) is 0 Å². The van der Waals surface area contributed by atoms with E-state index < -0.39 is 0 Å². The normalized spacial score (nSPS) is 24.8. The van der Waals surface area contributed by atoms with Gasteiger partial charge in [-0.15, -0.1) is 0 Å². The molecule has 4 nitrogen and oxygen atoms in total. The number of fused-ring (bicyclic) bond motifs is 2. The van der Waals surface area contributed by atoms with Crippen molar-refractivity contribution in [3.8, 4) is 0 Å². The molecule has 2 heterocycles. The second kappa shape index (κ2) is 6.97. The van der Waals surface area contributed by atoms with Crippen molar-refractivity contribution < 1.29 is 9.53 Å². The van der Waals surface area contributed by atoms with E-state index in [1.807, 2.05) is 0 Å². The Labute approximate surface area is 162 Å². The van der Waals surface area contributed by atoms with E-state index in [4.69, 9.17) is 4.74 Å². The van der Waals surface area contributed by atoms with Crippen LogP contribution < -0.4 is 0 Å². The van der Waals surface area contributed by atoms with Gasteiger partial charge in [-0.05, 0) is 57.2 Å². The molecule has 0 radical (unpaired) electrons. The predicted molar refractivity (Wildman–Crippen MR) is 109 cm³/mol. The summed E-state index contributed by atoms with van der Waals surface area (Å²) in [5.41, 5.74) is 3.57. The van der Waals surface area contributed by atoms with Crippen molar-refractivity contribution >= 4 is 16.8 Å². The van der Waals surface area contributed by atoms with Gasteiger partial charge in [-0.25, -0.2) is 0 Å². The molecule has 146 valence electrons. The number of aryl methyl sites for hydroxylation is 3. The van der Waals surface area contributed by atoms with Gasteiger partial charge in [0.1, 0.15) is 0 Å². The van der Waals surface area contributed by atoms with Crippen LogP contribution in [0.2, 0.25) is 0 Å².